The molecule has 0 radical (unpaired) electrons. The average molecular weight is 283 g/mol. The molecule has 1 heterocycles. The molecule has 1 aromatic carbocycles. The van der Waals surface area contributed by atoms with E-state index in [1.807, 2.05) is 0 Å². The zero-order valence-electron chi connectivity index (χ0n) is 10.5. The second-order valence-corrected chi connectivity index (χ2v) is 5.63. The maximum absolute atomic E-state index is 13.1. The van der Waals surface area contributed by atoms with Gasteiger partial charge < -0.3 is 10.2 Å². The summed E-state index contributed by atoms with van der Waals surface area (Å²) in [7, 11) is 0. The summed E-state index contributed by atoms with van der Waals surface area (Å²) in [4.78, 5) is 14.1. The first kappa shape index (κ1) is 12.9. The zero-order chi connectivity index (χ0) is 13.4. The first-order chi connectivity index (χ1) is 9.15. The highest BCUT2D eigenvalue weighted by Gasteiger charge is 2.34. The normalized spacial score (nSPS) is 23.8. The Balaban J connectivity index is 1.80. The molecule has 1 aliphatic carbocycles. The minimum Gasteiger partial charge on any atom is -0.310 e. The molecular formula is C14H16ClFN2O. The van der Waals surface area contributed by atoms with Crippen molar-refractivity contribution in [1.29, 1.82) is 0 Å². The first-order valence-corrected chi connectivity index (χ1v) is 7.05. The average Bonchev–Trinajstić information content (AvgIpc) is 3.17. The van der Waals surface area contributed by atoms with E-state index in [2.05, 4.69) is 5.32 Å². The van der Waals surface area contributed by atoms with Gasteiger partial charge in [0, 0.05) is 12.6 Å². The third kappa shape index (κ3) is 2.74. The van der Waals surface area contributed by atoms with Gasteiger partial charge in [-0.2, -0.15) is 0 Å². The van der Waals surface area contributed by atoms with Crippen LogP contribution in [-0.4, -0.2) is 24.5 Å². The van der Waals surface area contributed by atoms with E-state index < -0.39 is 0 Å². The molecule has 1 aromatic rings. The number of amides is 1. The topological polar surface area (TPSA) is 32.3 Å². The smallest absolute Gasteiger partial charge is 0.244 e. The largest absolute Gasteiger partial charge is 0.310 e. The predicted octanol–water partition coefficient (Wildman–Crippen LogP) is 2.73. The van der Waals surface area contributed by atoms with Crippen LogP contribution in [0.3, 0.4) is 0 Å². The molecule has 3 nitrogen and oxygen atoms in total. The number of benzene rings is 1. The lowest BCUT2D eigenvalue weighted by Crippen LogP contribution is -2.51. The minimum atomic E-state index is -0.383. The van der Waals surface area contributed by atoms with Crippen molar-refractivity contribution >= 4 is 23.2 Å². The highest BCUT2D eigenvalue weighted by molar-refractivity contribution is 6.33. The molecule has 1 saturated heterocycles. The fourth-order valence-electron chi connectivity index (χ4n) is 2.50. The second-order valence-electron chi connectivity index (χ2n) is 5.22. The van der Waals surface area contributed by atoms with Crippen LogP contribution in [0.2, 0.25) is 5.02 Å². The fraction of sp³-hybridized carbons (Fsp3) is 0.500. The number of rotatable bonds is 3. The molecule has 19 heavy (non-hydrogen) atoms. The van der Waals surface area contributed by atoms with Crippen molar-refractivity contribution < 1.29 is 9.18 Å². The minimum absolute atomic E-state index is 0.0478. The molecule has 0 bridgehead atoms. The Labute approximate surface area is 116 Å². The Bertz CT molecular complexity index is 504. The van der Waals surface area contributed by atoms with Gasteiger partial charge in [0.25, 0.3) is 0 Å². The molecule has 1 amide bonds. The van der Waals surface area contributed by atoms with E-state index >= 15 is 0 Å². The lowest BCUT2D eigenvalue weighted by Gasteiger charge is -2.33. The summed E-state index contributed by atoms with van der Waals surface area (Å²) < 4.78 is 13.1. The van der Waals surface area contributed by atoms with E-state index in [1.165, 1.54) is 12.1 Å². The first-order valence-electron chi connectivity index (χ1n) is 6.67. The van der Waals surface area contributed by atoms with Crippen LogP contribution in [0.1, 0.15) is 25.7 Å². The van der Waals surface area contributed by atoms with Gasteiger partial charge in [0.15, 0.2) is 0 Å². The molecule has 1 saturated carbocycles. The van der Waals surface area contributed by atoms with Crippen molar-refractivity contribution in [3.05, 3.63) is 29.0 Å². The number of nitrogens with one attached hydrogen (secondary N) is 1. The van der Waals surface area contributed by atoms with Crippen LogP contribution in [0, 0.1) is 5.82 Å². The van der Waals surface area contributed by atoms with E-state index in [4.69, 9.17) is 11.6 Å². The van der Waals surface area contributed by atoms with Gasteiger partial charge in [0.2, 0.25) is 5.91 Å². The predicted molar refractivity (Wildman–Crippen MR) is 72.9 cm³/mol. The summed E-state index contributed by atoms with van der Waals surface area (Å²) >= 11 is 6.04. The third-order valence-corrected chi connectivity index (χ3v) is 3.96. The summed E-state index contributed by atoms with van der Waals surface area (Å²) in [6, 6.07) is 4.55. The van der Waals surface area contributed by atoms with E-state index in [0.29, 0.717) is 23.3 Å². The van der Waals surface area contributed by atoms with E-state index in [1.54, 1.807) is 11.0 Å². The molecular weight excluding hydrogens is 267 g/mol. The van der Waals surface area contributed by atoms with Crippen LogP contribution in [0.15, 0.2) is 18.2 Å². The number of anilines is 1. The van der Waals surface area contributed by atoms with Crippen LogP contribution in [0.5, 0.6) is 0 Å². The maximum atomic E-state index is 13.1. The highest BCUT2D eigenvalue weighted by atomic mass is 35.5. The summed E-state index contributed by atoms with van der Waals surface area (Å²) in [5, 5.41) is 3.66. The molecule has 1 N–H and O–H groups in total. The Hall–Kier alpha value is -1.13. The lowest BCUT2D eigenvalue weighted by atomic mass is 10.0. The molecule has 0 aromatic heterocycles. The van der Waals surface area contributed by atoms with Crippen LogP contribution in [0.4, 0.5) is 10.1 Å². The number of hydrogen-bond donors (Lipinski definition) is 1. The van der Waals surface area contributed by atoms with E-state index in [0.717, 1.165) is 25.7 Å². The van der Waals surface area contributed by atoms with Gasteiger partial charge in [0.1, 0.15) is 5.82 Å². The molecule has 2 aliphatic rings. The van der Waals surface area contributed by atoms with Gasteiger partial charge in [-0.25, -0.2) is 4.39 Å². The third-order valence-electron chi connectivity index (χ3n) is 3.65. The van der Waals surface area contributed by atoms with Crippen LogP contribution < -0.4 is 10.2 Å². The Morgan fingerprint density at radius 2 is 2.11 bits per heavy atom. The standard InChI is InChI=1S/C14H16ClFN2O/c15-11-8-9(16)3-6-13(11)18-7-1-2-12(14(18)19)17-10-4-5-10/h3,6,8,10,12,17H,1-2,4-5,7H2. The molecule has 1 atom stereocenters. The summed E-state index contributed by atoms with van der Waals surface area (Å²) in [5.41, 5.74) is 0.607. The lowest BCUT2D eigenvalue weighted by molar-refractivity contribution is -0.121. The van der Waals surface area contributed by atoms with Gasteiger partial charge in [-0.15, -0.1) is 0 Å². The molecule has 1 unspecified atom stereocenters. The van der Waals surface area contributed by atoms with Gasteiger partial charge in [-0.1, -0.05) is 11.6 Å². The second kappa shape index (κ2) is 5.10. The summed E-state index contributed by atoms with van der Waals surface area (Å²) in [5.74, 6) is -0.336. The van der Waals surface area contributed by atoms with Crippen molar-refractivity contribution in [2.24, 2.45) is 0 Å². The number of piperidine rings is 1. The molecule has 1 aliphatic heterocycles. The number of carbonyl (C=O) groups excluding carboxylic acids is 1. The van der Waals surface area contributed by atoms with Crippen molar-refractivity contribution in [2.75, 3.05) is 11.4 Å². The molecule has 3 rings (SSSR count). The SMILES string of the molecule is O=C1C(NC2CC2)CCCN1c1ccc(F)cc1Cl. The number of hydrogen-bond acceptors (Lipinski definition) is 2. The van der Waals surface area contributed by atoms with Crippen molar-refractivity contribution in [2.45, 2.75) is 37.8 Å². The zero-order valence-corrected chi connectivity index (χ0v) is 11.3. The van der Waals surface area contributed by atoms with E-state index in [-0.39, 0.29) is 17.8 Å². The molecule has 5 heteroatoms. The van der Waals surface area contributed by atoms with Crippen LogP contribution in [0.25, 0.3) is 0 Å². The number of carbonyl (C=O) groups is 1. The molecule has 102 valence electrons. The molecule has 2 fully saturated rings. The fourth-order valence-corrected chi connectivity index (χ4v) is 2.77. The Morgan fingerprint density at radius 3 is 2.79 bits per heavy atom. The van der Waals surface area contributed by atoms with Gasteiger partial charge in [0.05, 0.1) is 16.8 Å². The number of halogens is 2. The maximum Gasteiger partial charge on any atom is 0.244 e. The summed E-state index contributed by atoms with van der Waals surface area (Å²) in [6.07, 6.45) is 4.11. The van der Waals surface area contributed by atoms with Crippen molar-refractivity contribution in [3.63, 3.8) is 0 Å². The van der Waals surface area contributed by atoms with Crippen molar-refractivity contribution in [3.8, 4) is 0 Å². The quantitative estimate of drug-likeness (QED) is 0.924. The monoisotopic (exact) mass is 282 g/mol. The van der Waals surface area contributed by atoms with Crippen LogP contribution >= 0.6 is 11.6 Å². The Morgan fingerprint density at radius 1 is 1.32 bits per heavy atom. The van der Waals surface area contributed by atoms with Crippen molar-refractivity contribution in [1.82, 2.24) is 5.32 Å². The van der Waals surface area contributed by atoms with Gasteiger partial charge >= 0.3 is 0 Å². The Kier molecular flexibility index (Phi) is 3.46. The number of nitrogens with zero attached hydrogens (tertiary/aromatic N) is 1. The summed E-state index contributed by atoms with van der Waals surface area (Å²) in [6.45, 7) is 0.646. The van der Waals surface area contributed by atoms with E-state index in [9.17, 15) is 9.18 Å². The van der Waals surface area contributed by atoms with Gasteiger partial charge in [-0.05, 0) is 43.9 Å². The van der Waals surface area contributed by atoms with Crippen LogP contribution in [-0.2, 0) is 4.79 Å². The molecule has 0 spiro atoms. The highest BCUT2D eigenvalue weighted by Crippen LogP contribution is 2.30. The van der Waals surface area contributed by atoms with Gasteiger partial charge in [-0.3, -0.25) is 4.79 Å².